The van der Waals surface area contributed by atoms with Crippen molar-refractivity contribution in [2.45, 2.75) is 32.0 Å². The van der Waals surface area contributed by atoms with E-state index in [-0.39, 0.29) is 8.80 Å². The summed E-state index contributed by atoms with van der Waals surface area (Å²) < 4.78 is 0. The summed E-state index contributed by atoms with van der Waals surface area (Å²) in [4.78, 5) is 0. The van der Waals surface area contributed by atoms with Gasteiger partial charge in [-0.15, -0.1) is 6.58 Å². The van der Waals surface area contributed by atoms with Crippen molar-refractivity contribution in [1.29, 1.82) is 0 Å². The van der Waals surface area contributed by atoms with E-state index in [1.54, 1.807) is 0 Å². The normalized spacial score (nSPS) is 13.2. The van der Waals surface area contributed by atoms with Gasteiger partial charge in [-0.25, -0.2) is 0 Å². The monoisotopic (exact) mass is 128 g/mol. The fourth-order valence-corrected chi connectivity index (χ4v) is 2.69. The first-order valence-corrected chi connectivity index (χ1v) is 6.21. The van der Waals surface area contributed by atoms with Crippen LogP contribution in [0, 0.1) is 0 Å². The van der Waals surface area contributed by atoms with Gasteiger partial charge in [0.25, 0.3) is 0 Å². The van der Waals surface area contributed by atoms with Crippen molar-refractivity contribution in [2.75, 3.05) is 0 Å². The van der Waals surface area contributed by atoms with E-state index in [9.17, 15) is 0 Å². The molecule has 0 N–H and O–H groups in total. The molecule has 0 amide bonds. The molecule has 0 saturated heterocycles. The number of rotatable bonds is 4. The number of allylic oxidation sites excluding steroid dienone is 1. The van der Waals surface area contributed by atoms with Crippen LogP contribution in [0.25, 0.3) is 0 Å². The van der Waals surface area contributed by atoms with Crippen molar-refractivity contribution in [3.63, 3.8) is 0 Å². The molecule has 0 heterocycles. The predicted octanol–water partition coefficient (Wildman–Crippen LogP) is 2.44. The second kappa shape index (κ2) is 5.10. The Labute approximate surface area is 54.2 Å². The van der Waals surface area contributed by atoms with E-state index in [0.717, 1.165) is 0 Å². The van der Waals surface area contributed by atoms with E-state index in [1.165, 1.54) is 18.5 Å². The standard InChI is InChI=1S/C7H16Si/c1-4-6-8(3)7-5-2/h4,8H,1,5-7H2,2-3H3. The minimum absolute atomic E-state index is 0.320. The summed E-state index contributed by atoms with van der Waals surface area (Å²) in [6, 6.07) is 2.79. The zero-order valence-electron chi connectivity index (χ0n) is 5.98. The van der Waals surface area contributed by atoms with Gasteiger partial charge in [-0.3, -0.25) is 0 Å². The lowest BCUT2D eigenvalue weighted by molar-refractivity contribution is 1.06. The molecule has 8 heavy (non-hydrogen) atoms. The van der Waals surface area contributed by atoms with Gasteiger partial charge >= 0.3 is 0 Å². The fourth-order valence-electron chi connectivity index (χ4n) is 0.895. The van der Waals surface area contributed by atoms with Crippen LogP contribution in [0.5, 0.6) is 0 Å². The van der Waals surface area contributed by atoms with Gasteiger partial charge in [-0.2, -0.15) is 0 Å². The molecule has 0 aromatic carbocycles. The molecule has 0 bridgehead atoms. The molecule has 0 nitrogen and oxygen atoms in total. The molecule has 48 valence electrons. The maximum absolute atomic E-state index is 3.72. The maximum Gasteiger partial charge on any atom is 0.0375 e. The second-order valence-corrected chi connectivity index (χ2v) is 5.68. The van der Waals surface area contributed by atoms with Crippen LogP contribution in [0.2, 0.25) is 18.6 Å². The molecule has 0 fully saturated rings. The van der Waals surface area contributed by atoms with E-state index < -0.39 is 0 Å². The van der Waals surface area contributed by atoms with Crippen LogP contribution in [-0.2, 0) is 0 Å². The van der Waals surface area contributed by atoms with Gasteiger partial charge in [-0.1, -0.05) is 32.0 Å². The molecule has 1 unspecified atom stereocenters. The lowest BCUT2D eigenvalue weighted by Crippen LogP contribution is -2.02. The molecule has 1 atom stereocenters. The molecular formula is C7H16Si. The zero-order chi connectivity index (χ0) is 6.41. The van der Waals surface area contributed by atoms with Crippen LogP contribution in [0.4, 0.5) is 0 Å². The predicted molar refractivity (Wildman–Crippen MR) is 43.1 cm³/mol. The SMILES string of the molecule is C=CC[SiH](C)CCC. The highest BCUT2D eigenvalue weighted by atomic mass is 28.3. The molecule has 0 saturated carbocycles. The first-order chi connectivity index (χ1) is 3.81. The van der Waals surface area contributed by atoms with Crippen molar-refractivity contribution in [3.05, 3.63) is 12.7 Å². The van der Waals surface area contributed by atoms with Gasteiger partial charge in [-0.05, 0) is 6.04 Å². The topological polar surface area (TPSA) is 0 Å². The van der Waals surface area contributed by atoms with Crippen LogP contribution in [0.1, 0.15) is 13.3 Å². The Morgan fingerprint density at radius 3 is 2.62 bits per heavy atom. The molecule has 0 aliphatic rings. The third-order valence-electron chi connectivity index (χ3n) is 1.35. The van der Waals surface area contributed by atoms with Gasteiger partial charge in [0.05, 0.1) is 0 Å². The van der Waals surface area contributed by atoms with Crippen LogP contribution >= 0.6 is 0 Å². The van der Waals surface area contributed by atoms with E-state index in [4.69, 9.17) is 0 Å². The summed E-state index contributed by atoms with van der Waals surface area (Å²) in [5.41, 5.74) is 0. The summed E-state index contributed by atoms with van der Waals surface area (Å²) in [5.74, 6) is 0. The second-order valence-electron chi connectivity index (χ2n) is 2.42. The highest BCUT2D eigenvalue weighted by Gasteiger charge is 1.96. The van der Waals surface area contributed by atoms with E-state index in [2.05, 4.69) is 26.1 Å². The average Bonchev–Trinajstić information content (AvgIpc) is 1.68. The van der Waals surface area contributed by atoms with Gasteiger partial charge in [0, 0.05) is 8.80 Å². The van der Waals surface area contributed by atoms with E-state index >= 15 is 0 Å². The Bertz CT molecular complexity index is 59.4. The first kappa shape index (κ1) is 7.96. The first-order valence-electron chi connectivity index (χ1n) is 3.42. The molecule has 0 rings (SSSR count). The molecule has 0 spiro atoms. The van der Waals surface area contributed by atoms with Crippen LogP contribution in [0.15, 0.2) is 12.7 Å². The Kier molecular flexibility index (Phi) is 5.07. The molecule has 0 radical (unpaired) electrons. The molecular weight excluding hydrogens is 112 g/mol. The summed E-state index contributed by atoms with van der Waals surface area (Å²) in [5, 5.41) is 0. The highest BCUT2D eigenvalue weighted by Crippen LogP contribution is 2.01. The van der Waals surface area contributed by atoms with Gasteiger partial charge < -0.3 is 0 Å². The summed E-state index contributed by atoms with van der Waals surface area (Å²) in [7, 11) is -0.320. The van der Waals surface area contributed by atoms with Gasteiger partial charge in [0.2, 0.25) is 0 Å². The van der Waals surface area contributed by atoms with Gasteiger partial charge in [0.1, 0.15) is 0 Å². The Hall–Kier alpha value is -0.0431. The maximum atomic E-state index is 3.72. The van der Waals surface area contributed by atoms with E-state index in [1.807, 2.05) is 0 Å². The van der Waals surface area contributed by atoms with Crippen LogP contribution < -0.4 is 0 Å². The third kappa shape index (κ3) is 4.12. The van der Waals surface area contributed by atoms with Gasteiger partial charge in [0.15, 0.2) is 0 Å². The van der Waals surface area contributed by atoms with Crippen molar-refractivity contribution < 1.29 is 0 Å². The quantitative estimate of drug-likeness (QED) is 0.403. The molecule has 0 aliphatic heterocycles. The largest absolute Gasteiger partial charge is 0.103 e. The summed E-state index contributed by atoms with van der Waals surface area (Å²) >= 11 is 0. The summed E-state index contributed by atoms with van der Waals surface area (Å²) in [6.07, 6.45) is 3.42. The zero-order valence-corrected chi connectivity index (χ0v) is 7.14. The van der Waals surface area contributed by atoms with Crippen molar-refractivity contribution >= 4 is 8.80 Å². The lowest BCUT2D eigenvalue weighted by atomic mass is 10.6. The Balaban J connectivity index is 3.03. The molecule has 0 aromatic heterocycles. The molecule has 1 heteroatoms. The van der Waals surface area contributed by atoms with E-state index in [0.29, 0.717) is 0 Å². The minimum Gasteiger partial charge on any atom is -0.103 e. The molecule has 0 aliphatic carbocycles. The summed E-state index contributed by atoms with van der Waals surface area (Å²) in [6.45, 7) is 8.38. The Morgan fingerprint density at radius 2 is 2.25 bits per heavy atom. The van der Waals surface area contributed by atoms with Crippen LogP contribution in [0.3, 0.4) is 0 Å². The smallest absolute Gasteiger partial charge is 0.0375 e. The number of hydrogen-bond acceptors (Lipinski definition) is 0. The van der Waals surface area contributed by atoms with Crippen molar-refractivity contribution in [2.24, 2.45) is 0 Å². The number of hydrogen-bond donors (Lipinski definition) is 0. The van der Waals surface area contributed by atoms with Crippen molar-refractivity contribution in [3.8, 4) is 0 Å². The fraction of sp³-hybridized carbons (Fsp3) is 0.714. The van der Waals surface area contributed by atoms with Crippen molar-refractivity contribution in [1.82, 2.24) is 0 Å². The third-order valence-corrected chi connectivity index (χ3v) is 4.05. The van der Waals surface area contributed by atoms with Crippen LogP contribution in [-0.4, -0.2) is 8.80 Å². The lowest BCUT2D eigenvalue weighted by Gasteiger charge is -2.01. The average molecular weight is 128 g/mol. The molecule has 0 aromatic rings. The highest BCUT2D eigenvalue weighted by molar-refractivity contribution is 6.57. The minimum atomic E-state index is -0.320. The Morgan fingerprint density at radius 1 is 1.62 bits per heavy atom.